The van der Waals surface area contributed by atoms with Gasteiger partial charge in [0.1, 0.15) is 0 Å². The number of sulfonamides is 1. The van der Waals surface area contributed by atoms with Gasteiger partial charge in [-0.1, -0.05) is 12.2 Å². The molecule has 0 atom stereocenters. The van der Waals surface area contributed by atoms with Crippen molar-refractivity contribution < 1.29 is 21.6 Å². The van der Waals surface area contributed by atoms with E-state index in [4.69, 9.17) is 5.73 Å². The lowest BCUT2D eigenvalue weighted by Crippen LogP contribution is -2.30. The summed E-state index contributed by atoms with van der Waals surface area (Å²) in [6, 6.07) is 0. The Kier molecular flexibility index (Phi) is 6.19. The van der Waals surface area contributed by atoms with Crippen LogP contribution in [0.5, 0.6) is 0 Å². The van der Waals surface area contributed by atoms with E-state index < -0.39 is 34.8 Å². The Bertz CT molecular complexity index is 327. The van der Waals surface area contributed by atoms with Crippen LogP contribution < -0.4 is 10.5 Å². The first-order valence-electron chi connectivity index (χ1n) is 4.45. The van der Waals surface area contributed by atoms with Crippen molar-refractivity contribution in [3.05, 3.63) is 0 Å². The van der Waals surface area contributed by atoms with Crippen LogP contribution in [0.4, 0.5) is 13.2 Å². The molecule has 0 saturated carbocycles. The standard InChI is InChI=1S/C7H13F3N2O2S2/c8-7(9,10)3-1-5-16(13,14)12-4-2-6(11)15/h12H,1-5H2,(H2,11,15). The minimum atomic E-state index is -4.33. The fourth-order valence-corrected chi connectivity index (χ4v) is 2.05. The smallest absolute Gasteiger partial charge is 0.389 e. The van der Waals surface area contributed by atoms with Crippen LogP contribution in [0.1, 0.15) is 19.3 Å². The van der Waals surface area contributed by atoms with Crippen LogP contribution in [-0.4, -0.2) is 31.9 Å². The average Bonchev–Trinajstić information content (AvgIpc) is 1.99. The SMILES string of the molecule is NC(=S)CCNS(=O)(=O)CCCC(F)(F)F. The zero-order chi connectivity index (χ0) is 12.8. The van der Waals surface area contributed by atoms with E-state index in [9.17, 15) is 21.6 Å². The highest BCUT2D eigenvalue weighted by molar-refractivity contribution is 7.89. The Morgan fingerprint density at radius 1 is 1.38 bits per heavy atom. The zero-order valence-electron chi connectivity index (χ0n) is 8.38. The summed E-state index contributed by atoms with van der Waals surface area (Å²) in [5, 5.41) is 0. The summed E-state index contributed by atoms with van der Waals surface area (Å²) in [6.07, 6.45) is -5.70. The minimum Gasteiger partial charge on any atom is -0.393 e. The number of nitrogens with two attached hydrogens (primary N) is 1. The third-order valence-corrected chi connectivity index (χ3v) is 3.24. The van der Waals surface area contributed by atoms with Crippen LogP contribution in [0.15, 0.2) is 0 Å². The van der Waals surface area contributed by atoms with Gasteiger partial charge in [-0.15, -0.1) is 0 Å². The van der Waals surface area contributed by atoms with E-state index >= 15 is 0 Å². The highest BCUT2D eigenvalue weighted by Gasteiger charge is 2.27. The molecule has 4 nitrogen and oxygen atoms in total. The Hall–Kier alpha value is -0.410. The summed E-state index contributed by atoms with van der Waals surface area (Å²) in [6.45, 7) is 0.0175. The summed E-state index contributed by atoms with van der Waals surface area (Å²) in [4.78, 5) is 0.151. The highest BCUT2D eigenvalue weighted by atomic mass is 32.2. The predicted octanol–water partition coefficient (Wildman–Crippen LogP) is 0.924. The lowest BCUT2D eigenvalue weighted by Gasteiger charge is -2.07. The molecule has 0 radical (unpaired) electrons. The molecule has 96 valence electrons. The normalized spacial score (nSPS) is 12.7. The zero-order valence-corrected chi connectivity index (χ0v) is 10.0. The predicted molar refractivity (Wildman–Crippen MR) is 58.5 cm³/mol. The van der Waals surface area contributed by atoms with Gasteiger partial charge in [0.25, 0.3) is 0 Å². The van der Waals surface area contributed by atoms with Crippen molar-refractivity contribution >= 4 is 27.2 Å². The van der Waals surface area contributed by atoms with Crippen LogP contribution in [-0.2, 0) is 10.0 Å². The van der Waals surface area contributed by atoms with E-state index in [2.05, 4.69) is 16.9 Å². The number of alkyl halides is 3. The maximum Gasteiger partial charge on any atom is 0.389 e. The summed E-state index contributed by atoms with van der Waals surface area (Å²) < 4.78 is 59.6. The fraction of sp³-hybridized carbons (Fsp3) is 0.857. The topological polar surface area (TPSA) is 72.2 Å². The molecule has 0 aliphatic rings. The van der Waals surface area contributed by atoms with Gasteiger partial charge in [-0.2, -0.15) is 13.2 Å². The molecule has 16 heavy (non-hydrogen) atoms. The Balaban J connectivity index is 3.84. The van der Waals surface area contributed by atoms with Crippen molar-refractivity contribution in [1.82, 2.24) is 4.72 Å². The molecule has 0 fully saturated rings. The maximum atomic E-state index is 11.7. The van der Waals surface area contributed by atoms with Gasteiger partial charge in [-0.05, 0) is 6.42 Å². The largest absolute Gasteiger partial charge is 0.393 e. The summed E-state index contributed by atoms with van der Waals surface area (Å²) in [7, 11) is -3.66. The van der Waals surface area contributed by atoms with Gasteiger partial charge in [0.05, 0.1) is 10.7 Å². The fourth-order valence-electron chi connectivity index (χ4n) is 0.865. The number of hydrogen-bond acceptors (Lipinski definition) is 3. The molecular formula is C7H13F3N2O2S2. The van der Waals surface area contributed by atoms with E-state index in [1.54, 1.807) is 0 Å². The first-order chi connectivity index (χ1) is 7.12. The molecule has 0 unspecified atom stereocenters. The van der Waals surface area contributed by atoms with Crippen molar-refractivity contribution in [2.24, 2.45) is 5.73 Å². The van der Waals surface area contributed by atoms with E-state index in [1.807, 2.05) is 0 Å². The molecule has 3 N–H and O–H groups in total. The molecule has 0 bridgehead atoms. The van der Waals surface area contributed by atoms with Gasteiger partial charge in [0.2, 0.25) is 10.0 Å². The van der Waals surface area contributed by atoms with Crippen LogP contribution in [0, 0.1) is 0 Å². The van der Waals surface area contributed by atoms with Gasteiger partial charge in [-0.25, -0.2) is 13.1 Å². The third kappa shape index (κ3) is 10.1. The lowest BCUT2D eigenvalue weighted by atomic mass is 10.3. The number of halogens is 3. The van der Waals surface area contributed by atoms with Crippen LogP contribution in [0.3, 0.4) is 0 Å². The molecule has 0 aliphatic carbocycles. The van der Waals surface area contributed by atoms with Crippen molar-refractivity contribution in [3.63, 3.8) is 0 Å². The lowest BCUT2D eigenvalue weighted by molar-refractivity contribution is -0.134. The molecule has 0 aliphatic heterocycles. The molecule has 0 heterocycles. The molecule has 0 aromatic heterocycles. The number of rotatable bonds is 7. The second kappa shape index (κ2) is 6.36. The third-order valence-electron chi connectivity index (χ3n) is 1.57. The van der Waals surface area contributed by atoms with Crippen LogP contribution >= 0.6 is 12.2 Å². The van der Waals surface area contributed by atoms with Gasteiger partial charge in [0.15, 0.2) is 0 Å². The second-order valence-corrected chi connectivity index (χ2v) is 5.60. The van der Waals surface area contributed by atoms with Crippen molar-refractivity contribution in [2.75, 3.05) is 12.3 Å². The summed E-state index contributed by atoms with van der Waals surface area (Å²) in [5.41, 5.74) is 5.13. The van der Waals surface area contributed by atoms with Gasteiger partial charge >= 0.3 is 6.18 Å². The number of hydrogen-bond donors (Lipinski definition) is 2. The van der Waals surface area contributed by atoms with Crippen molar-refractivity contribution in [3.8, 4) is 0 Å². The molecule has 0 rings (SSSR count). The van der Waals surface area contributed by atoms with Gasteiger partial charge in [-0.3, -0.25) is 0 Å². The number of thiocarbonyl (C=S) groups is 1. The Morgan fingerprint density at radius 3 is 2.38 bits per heavy atom. The van der Waals surface area contributed by atoms with Gasteiger partial charge in [0, 0.05) is 19.4 Å². The minimum absolute atomic E-state index is 0.0175. The van der Waals surface area contributed by atoms with Crippen LogP contribution in [0.2, 0.25) is 0 Å². The summed E-state index contributed by atoms with van der Waals surface area (Å²) in [5.74, 6) is -0.552. The monoisotopic (exact) mass is 278 g/mol. The molecular weight excluding hydrogens is 265 g/mol. The molecule has 0 aromatic carbocycles. The molecule has 9 heteroatoms. The summed E-state index contributed by atoms with van der Waals surface area (Å²) >= 11 is 4.51. The Morgan fingerprint density at radius 2 is 1.94 bits per heavy atom. The maximum absolute atomic E-state index is 11.7. The molecule has 0 saturated heterocycles. The van der Waals surface area contributed by atoms with Crippen LogP contribution in [0.25, 0.3) is 0 Å². The van der Waals surface area contributed by atoms with Gasteiger partial charge < -0.3 is 5.73 Å². The number of nitrogens with one attached hydrogen (secondary N) is 1. The molecule has 0 spiro atoms. The van der Waals surface area contributed by atoms with E-state index in [1.165, 1.54) is 0 Å². The Labute approximate surface area is 97.4 Å². The highest BCUT2D eigenvalue weighted by Crippen LogP contribution is 2.21. The van der Waals surface area contributed by atoms with E-state index in [0.717, 1.165) is 0 Å². The average molecular weight is 278 g/mol. The quantitative estimate of drug-likeness (QED) is 0.679. The first kappa shape index (κ1) is 15.6. The van der Waals surface area contributed by atoms with E-state index in [-0.39, 0.29) is 18.0 Å². The molecule has 0 amide bonds. The van der Waals surface area contributed by atoms with Crippen molar-refractivity contribution in [2.45, 2.75) is 25.4 Å². The van der Waals surface area contributed by atoms with Crippen molar-refractivity contribution in [1.29, 1.82) is 0 Å². The molecule has 0 aromatic rings. The first-order valence-corrected chi connectivity index (χ1v) is 6.51. The van der Waals surface area contributed by atoms with E-state index in [0.29, 0.717) is 0 Å². The second-order valence-electron chi connectivity index (χ2n) is 3.15.